The molecule has 1 saturated carbocycles. The number of aryl methyl sites for hydroxylation is 1. The summed E-state index contributed by atoms with van der Waals surface area (Å²) in [5.74, 6) is 0. The first kappa shape index (κ1) is 11.6. The molecule has 0 unspecified atom stereocenters. The quantitative estimate of drug-likeness (QED) is 0.868. The zero-order valence-electron chi connectivity index (χ0n) is 9.31. The van der Waals surface area contributed by atoms with E-state index in [1.165, 1.54) is 6.26 Å². The second-order valence-corrected chi connectivity index (χ2v) is 6.66. The molecule has 16 heavy (non-hydrogen) atoms. The Labute approximate surface area is 96.0 Å². The summed E-state index contributed by atoms with van der Waals surface area (Å²) in [5, 5.41) is 9.68. The third-order valence-electron chi connectivity index (χ3n) is 3.06. The Hall–Kier alpha value is -0.870. The Morgan fingerprint density at radius 3 is 2.25 bits per heavy atom. The van der Waals surface area contributed by atoms with E-state index in [9.17, 15) is 13.5 Å². The topological polar surface area (TPSA) is 54.4 Å². The van der Waals surface area contributed by atoms with Crippen LogP contribution in [-0.2, 0) is 16.3 Å². The monoisotopic (exact) mass is 240 g/mol. The van der Waals surface area contributed by atoms with Crippen molar-refractivity contribution in [3.05, 3.63) is 29.8 Å². The summed E-state index contributed by atoms with van der Waals surface area (Å²) in [4.78, 5) is 0.349. The first-order valence-electron chi connectivity index (χ1n) is 5.40. The van der Waals surface area contributed by atoms with Crippen LogP contribution in [0.25, 0.3) is 0 Å². The summed E-state index contributed by atoms with van der Waals surface area (Å²) in [6.07, 6.45) is 4.57. The molecule has 1 aromatic carbocycles. The molecule has 1 aliphatic rings. The van der Waals surface area contributed by atoms with Crippen molar-refractivity contribution in [2.75, 3.05) is 6.26 Å². The molecular formula is C12H16O3S. The van der Waals surface area contributed by atoms with Crippen LogP contribution in [0.15, 0.2) is 29.2 Å². The van der Waals surface area contributed by atoms with Crippen LogP contribution in [0.5, 0.6) is 0 Å². The number of rotatable bonds is 4. The minimum atomic E-state index is -3.10. The fourth-order valence-electron chi connectivity index (χ4n) is 1.67. The van der Waals surface area contributed by atoms with E-state index in [4.69, 9.17) is 0 Å². The molecule has 1 N–H and O–H groups in total. The Bertz CT molecular complexity index is 469. The van der Waals surface area contributed by atoms with Crippen molar-refractivity contribution >= 4 is 9.84 Å². The van der Waals surface area contributed by atoms with Gasteiger partial charge in [0, 0.05) is 6.26 Å². The SMILES string of the molecule is CS(=O)(=O)c1ccc(CCC2(O)CC2)cc1. The smallest absolute Gasteiger partial charge is 0.175 e. The molecular weight excluding hydrogens is 224 g/mol. The third-order valence-corrected chi connectivity index (χ3v) is 4.19. The highest BCUT2D eigenvalue weighted by molar-refractivity contribution is 7.90. The maximum absolute atomic E-state index is 11.2. The summed E-state index contributed by atoms with van der Waals surface area (Å²) in [5.41, 5.74) is 0.642. The molecule has 0 radical (unpaired) electrons. The number of sulfone groups is 1. The number of aliphatic hydroxyl groups is 1. The molecule has 0 aromatic heterocycles. The standard InChI is InChI=1S/C12H16O3S/c1-16(14,15)11-4-2-10(3-5-11)6-7-12(13)8-9-12/h2-5,13H,6-9H2,1H3. The van der Waals surface area contributed by atoms with Gasteiger partial charge in [0.1, 0.15) is 0 Å². The van der Waals surface area contributed by atoms with Gasteiger partial charge in [-0.25, -0.2) is 8.42 Å². The van der Waals surface area contributed by atoms with E-state index >= 15 is 0 Å². The molecule has 0 amide bonds. The van der Waals surface area contributed by atoms with E-state index in [2.05, 4.69) is 0 Å². The fraction of sp³-hybridized carbons (Fsp3) is 0.500. The van der Waals surface area contributed by atoms with Crippen molar-refractivity contribution < 1.29 is 13.5 Å². The van der Waals surface area contributed by atoms with Crippen LogP contribution in [0.3, 0.4) is 0 Å². The largest absolute Gasteiger partial charge is 0.390 e. The molecule has 0 heterocycles. The van der Waals surface area contributed by atoms with E-state index in [1.54, 1.807) is 12.1 Å². The molecule has 88 valence electrons. The van der Waals surface area contributed by atoms with Gasteiger partial charge in [-0.05, 0) is 43.4 Å². The number of hydrogen-bond acceptors (Lipinski definition) is 3. The van der Waals surface area contributed by atoms with Gasteiger partial charge in [-0.2, -0.15) is 0 Å². The lowest BCUT2D eigenvalue weighted by molar-refractivity contribution is 0.140. The summed E-state index contributed by atoms with van der Waals surface area (Å²) in [6, 6.07) is 6.90. The Balaban J connectivity index is 2.02. The highest BCUT2D eigenvalue weighted by atomic mass is 32.2. The molecule has 0 saturated heterocycles. The van der Waals surface area contributed by atoms with Crippen LogP contribution >= 0.6 is 0 Å². The van der Waals surface area contributed by atoms with Crippen molar-refractivity contribution in [3.63, 3.8) is 0 Å². The molecule has 0 atom stereocenters. The normalized spacial score (nSPS) is 18.4. The summed E-state index contributed by atoms with van der Waals surface area (Å²) in [7, 11) is -3.10. The first-order valence-corrected chi connectivity index (χ1v) is 7.30. The Morgan fingerprint density at radius 2 is 1.81 bits per heavy atom. The zero-order valence-corrected chi connectivity index (χ0v) is 10.1. The predicted octanol–water partition coefficient (Wildman–Crippen LogP) is 1.55. The fourth-order valence-corrected chi connectivity index (χ4v) is 2.31. The summed E-state index contributed by atoms with van der Waals surface area (Å²) in [6.45, 7) is 0. The molecule has 3 nitrogen and oxygen atoms in total. The predicted molar refractivity (Wildman–Crippen MR) is 62.1 cm³/mol. The average molecular weight is 240 g/mol. The maximum atomic E-state index is 11.2. The lowest BCUT2D eigenvalue weighted by atomic mass is 10.1. The van der Waals surface area contributed by atoms with Crippen LogP contribution in [0.4, 0.5) is 0 Å². The van der Waals surface area contributed by atoms with Gasteiger partial charge in [-0.15, -0.1) is 0 Å². The highest BCUT2D eigenvalue weighted by Crippen LogP contribution is 2.39. The van der Waals surface area contributed by atoms with Gasteiger partial charge in [-0.1, -0.05) is 12.1 Å². The average Bonchev–Trinajstić information content (AvgIpc) is 2.94. The third kappa shape index (κ3) is 2.83. The Morgan fingerprint density at radius 1 is 1.25 bits per heavy atom. The van der Waals surface area contributed by atoms with Crippen LogP contribution in [0.2, 0.25) is 0 Å². The van der Waals surface area contributed by atoms with E-state index in [0.717, 1.165) is 31.2 Å². The molecule has 4 heteroatoms. The van der Waals surface area contributed by atoms with Crippen molar-refractivity contribution in [2.24, 2.45) is 0 Å². The minimum absolute atomic E-state index is 0.349. The highest BCUT2D eigenvalue weighted by Gasteiger charge is 2.39. The van der Waals surface area contributed by atoms with E-state index in [1.807, 2.05) is 12.1 Å². The molecule has 1 fully saturated rings. The lowest BCUT2D eigenvalue weighted by Gasteiger charge is -2.07. The van der Waals surface area contributed by atoms with Crippen LogP contribution < -0.4 is 0 Å². The van der Waals surface area contributed by atoms with Crippen molar-refractivity contribution in [3.8, 4) is 0 Å². The number of hydrogen-bond donors (Lipinski definition) is 1. The van der Waals surface area contributed by atoms with Crippen molar-refractivity contribution in [1.82, 2.24) is 0 Å². The van der Waals surface area contributed by atoms with Crippen LogP contribution in [-0.4, -0.2) is 25.4 Å². The second-order valence-electron chi connectivity index (χ2n) is 4.64. The van der Waals surface area contributed by atoms with Crippen LogP contribution in [0.1, 0.15) is 24.8 Å². The first-order chi connectivity index (χ1) is 7.39. The van der Waals surface area contributed by atoms with Crippen LogP contribution in [0, 0.1) is 0 Å². The number of benzene rings is 1. The zero-order chi connectivity index (χ0) is 11.8. The van der Waals surface area contributed by atoms with Crippen molar-refractivity contribution in [2.45, 2.75) is 36.2 Å². The van der Waals surface area contributed by atoms with E-state index < -0.39 is 15.4 Å². The van der Waals surface area contributed by atoms with E-state index in [-0.39, 0.29) is 0 Å². The lowest BCUT2D eigenvalue weighted by Crippen LogP contribution is -2.07. The van der Waals surface area contributed by atoms with Gasteiger partial charge >= 0.3 is 0 Å². The minimum Gasteiger partial charge on any atom is -0.390 e. The van der Waals surface area contributed by atoms with E-state index in [0.29, 0.717) is 4.90 Å². The summed E-state index contributed by atoms with van der Waals surface area (Å²) < 4.78 is 22.5. The van der Waals surface area contributed by atoms with Gasteiger partial charge in [-0.3, -0.25) is 0 Å². The molecule has 0 aliphatic heterocycles. The molecule has 1 aromatic rings. The molecule has 1 aliphatic carbocycles. The van der Waals surface area contributed by atoms with Gasteiger partial charge in [0.2, 0.25) is 0 Å². The van der Waals surface area contributed by atoms with Gasteiger partial charge in [0.15, 0.2) is 9.84 Å². The van der Waals surface area contributed by atoms with Gasteiger partial charge < -0.3 is 5.11 Å². The van der Waals surface area contributed by atoms with Gasteiger partial charge in [0.05, 0.1) is 10.5 Å². The summed E-state index contributed by atoms with van der Waals surface area (Å²) >= 11 is 0. The van der Waals surface area contributed by atoms with Crippen molar-refractivity contribution in [1.29, 1.82) is 0 Å². The maximum Gasteiger partial charge on any atom is 0.175 e. The van der Waals surface area contributed by atoms with Gasteiger partial charge in [0.25, 0.3) is 0 Å². The second kappa shape index (κ2) is 3.86. The molecule has 2 rings (SSSR count). The Kier molecular flexibility index (Phi) is 2.80. The molecule has 0 spiro atoms. The molecule has 0 bridgehead atoms.